The summed E-state index contributed by atoms with van der Waals surface area (Å²) in [5.41, 5.74) is 9.31. The molecule has 2 aromatic carbocycles. The molecule has 2 aliphatic rings. The smallest absolute Gasteiger partial charge is 0.222 e. The highest BCUT2D eigenvalue weighted by molar-refractivity contribution is 5.97. The van der Waals surface area contributed by atoms with Crippen molar-refractivity contribution >= 4 is 23.2 Å². The van der Waals surface area contributed by atoms with Crippen molar-refractivity contribution in [2.75, 3.05) is 30.3 Å². The number of morpholine rings is 1. The molecule has 3 aromatic rings. The number of aliphatic imine (C=N–C) groups is 1. The molecule has 3 heterocycles. The van der Waals surface area contributed by atoms with Gasteiger partial charge in [0.1, 0.15) is 29.6 Å². The largest absolute Gasteiger partial charge is 0.369 e. The minimum absolute atomic E-state index is 0.0368. The number of ether oxygens (including phenoxy) is 1. The average molecular weight is 432 g/mol. The van der Waals surface area contributed by atoms with Crippen molar-refractivity contribution in [3.05, 3.63) is 65.2 Å². The Kier molecular flexibility index (Phi) is 4.99. The van der Waals surface area contributed by atoms with Gasteiger partial charge in [0.05, 0.1) is 35.8 Å². The van der Waals surface area contributed by atoms with E-state index in [4.69, 9.17) is 15.7 Å². The first kappa shape index (κ1) is 20.0. The average Bonchev–Trinajstić information content (AvgIpc) is 3.22. The molecule has 160 valence electrons. The number of rotatable bonds is 3. The van der Waals surface area contributed by atoms with Gasteiger partial charge in [-0.25, -0.2) is 13.8 Å². The monoisotopic (exact) mass is 432 g/mol. The molecule has 0 aliphatic carbocycles. The number of hydrogen-bond donors (Lipinski definition) is 1. The molecule has 1 aromatic heterocycles. The maximum absolute atomic E-state index is 14.1. The number of aromatic nitrogens is 2. The van der Waals surface area contributed by atoms with E-state index in [1.807, 2.05) is 4.90 Å². The van der Waals surface area contributed by atoms with E-state index in [2.05, 4.69) is 15.0 Å². The van der Waals surface area contributed by atoms with E-state index < -0.39 is 5.82 Å². The minimum atomic E-state index is -0.620. The summed E-state index contributed by atoms with van der Waals surface area (Å²) >= 11 is 0. The van der Waals surface area contributed by atoms with Crippen LogP contribution in [0.15, 0.2) is 47.5 Å². The summed E-state index contributed by atoms with van der Waals surface area (Å²) in [5.74, 6) is -0.285. The minimum Gasteiger partial charge on any atom is -0.369 e. The molecule has 32 heavy (non-hydrogen) atoms. The lowest BCUT2D eigenvalue weighted by Crippen LogP contribution is -2.46. The first-order chi connectivity index (χ1) is 15.5. The van der Waals surface area contributed by atoms with Crippen LogP contribution in [0.2, 0.25) is 0 Å². The number of fused-ring (bicyclic) bond motifs is 1. The van der Waals surface area contributed by atoms with E-state index in [1.54, 1.807) is 24.3 Å². The topological polar surface area (TPSA) is 100 Å². The van der Waals surface area contributed by atoms with Gasteiger partial charge in [-0.05, 0) is 29.8 Å². The Balaban J connectivity index is 1.40. The van der Waals surface area contributed by atoms with Crippen molar-refractivity contribution in [3.8, 4) is 17.3 Å². The Morgan fingerprint density at radius 3 is 2.81 bits per heavy atom. The van der Waals surface area contributed by atoms with E-state index >= 15 is 0 Å². The molecular formula is C23H18F2N6O. The molecule has 5 rings (SSSR count). The molecule has 0 radical (unpaired) electrons. The van der Waals surface area contributed by atoms with Crippen molar-refractivity contribution in [3.63, 3.8) is 0 Å². The molecule has 0 bridgehead atoms. The summed E-state index contributed by atoms with van der Waals surface area (Å²) in [7, 11) is 0. The van der Waals surface area contributed by atoms with Gasteiger partial charge in [-0.3, -0.25) is 4.99 Å². The van der Waals surface area contributed by atoms with E-state index in [0.29, 0.717) is 48.9 Å². The van der Waals surface area contributed by atoms with Crippen LogP contribution in [0, 0.1) is 23.0 Å². The van der Waals surface area contributed by atoms with Crippen LogP contribution in [0.5, 0.6) is 0 Å². The molecule has 1 unspecified atom stereocenters. The molecule has 9 heteroatoms. The molecule has 1 fully saturated rings. The first-order valence-corrected chi connectivity index (χ1v) is 10.1. The highest BCUT2D eigenvalue weighted by Gasteiger charge is 2.29. The second-order valence-corrected chi connectivity index (χ2v) is 7.63. The van der Waals surface area contributed by atoms with Gasteiger partial charge in [-0.1, -0.05) is 12.1 Å². The fourth-order valence-corrected chi connectivity index (χ4v) is 3.95. The number of anilines is 2. The van der Waals surface area contributed by atoms with Crippen molar-refractivity contribution in [2.24, 2.45) is 4.99 Å². The Morgan fingerprint density at radius 1 is 1.12 bits per heavy atom. The zero-order valence-electron chi connectivity index (χ0n) is 16.9. The predicted molar refractivity (Wildman–Crippen MR) is 116 cm³/mol. The van der Waals surface area contributed by atoms with E-state index in [1.165, 1.54) is 24.3 Å². The lowest BCUT2D eigenvalue weighted by molar-refractivity contribution is 0.0829. The number of nitrogens with two attached hydrogens (primary N) is 1. The van der Waals surface area contributed by atoms with Gasteiger partial charge in [0.25, 0.3) is 0 Å². The van der Waals surface area contributed by atoms with Crippen molar-refractivity contribution in [1.29, 1.82) is 5.26 Å². The predicted octanol–water partition coefficient (Wildman–Crippen LogP) is 3.41. The van der Waals surface area contributed by atoms with Gasteiger partial charge in [0.2, 0.25) is 5.95 Å². The highest BCUT2D eigenvalue weighted by Crippen LogP contribution is 2.31. The number of nitrogen functional groups attached to an aromatic ring is 1. The van der Waals surface area contributed by atoms with Gasteiger partial charge in [0, 0.05) is 24.6 Å². The third-order valence-electron chi connectivity index (χ3n) is 5.56. The maximum Gasteiger partial charge on any atom is 0.222 e. The molecule has 1 atom stereocenters. The summed E-state index contributed by atoms with van der Waals surface area (Å²) < 4.78 is 33.6. The van der Waals surface area contributed by atoms with Gasteiger partial charge in [0.15, 0.2) is 0 Å². The Labute approximate surface area is 182 Å². The van der Waals surface area contributed by atoms with Crippen molar-refractivity contribution in [2.45, 2.75) is 12.5 Å². The zero-order valence-corrected chi connectivity index (χ0v) is 16.9. The number of halogens is 2. The third kappa shape index (κ3) is 3.76. The van der Waals surface area contributed by atoms with Gasteiger partial charge in [-0.2, -0.15) is 10.2 Å². The molecule has 0 saturated carbocycles. The molecule has 0 amide bonds. The summed E-state index contributed by atoms with van der Waals surface area (Å²) in [6.45, 7) is 1.54. The fourth-order valence-electron chi connectivity index (χ4n) is 3.95. The van der Waals surface area contributed by atoms with Crippen LogP contribution in [-0.4, -0.2) is 41.5 Å². The summed E-state index contributed by atoms with van der Waals surface area (Å²) in [5, 5.41) is 8.94. The molecular weight excluding hydrogens is 414 g/mol. The second kappa shape index (κ2) is 7.98. The van der Waals surface area contributed by atoms with Crippen LogP contribution < -0.4 is 10.6 Å². The standard InChI is InChI=1S/C23H18F2N6O/c24-16-4-3-14-8-20(28-18(14)9-16)21-12-31(5-6-32-21)22-10-19(29-23(27)30-22)13-1-2-15(11-26)17(25)7-13/h1-4,7,9-10,21H,5-6,8,12H2,(H2,27,29,30). The highest BCUT2D eigenvalue weighted by atomic mass is 19.1. The van der Waals surface area contributed by atoms with Gasteiger partial charge < -0.3 is 15.4 Å². The number of nitriles is 1. The normalized spacial score (nSPS) is 17.6. The molecule has 2 N–H and O–H groups in total. The van der Waals surface area contributed by atoms with Gasteiger partial charge in [-0.15, -0.1) is 0 Å². The number of benzene rings is 2. The third-order valence-corrected chi connectivity index (χ3v) is 5.56. The summed E-state index contributed by atoms with van der Waals surface area (Å²) in [6.07, 6.45) is 0.335. The van der Waals surface area contributed by atoms with Gasteiger partial charge >= 0.3 is 0 Å². The quantitative estimate of drug-likeness (QED) is 0.681. The molecule has 1 saturated heterocycles. The number of nitrogens with zero attached hydrogens (tertiary/aromatic N) is 5. The Bertz CT molecular complexity index is 1290. The van der Waals surface area contributed by atoms with Crippen molar-refractivity contribution < 1.29 is 13.5 Å². The lowest BCUT2D eigenvalue weighted by Gasteiger charge is -2.34. The zero-order chi connectivity index (χ0) is 22.2. The Morgan fingerprint density at radius 2 is 2.00 bits per heavy atom. The van der Waals surface area contributed by atoms with Crippen LogP contribution in [0.3, 0.4) is 0 Å². The van der Waals surface area contributed by atoms with Crippen LogP contribution in [0.25, 0.3) is 11.3 Å². The van der Waals surface area contributed by atoms with Crippen LogP contribution >= 0.6 is 0 Å². The first-order valence-electron chi connectivity index (χ1n) is 10.1. The van der Waals surface area contributed by atoms with Crippen LogP contribution in [-0.2, 0) is 11.2 Å². The molecule has 0 spiro atoms. The fraction of sp³-hybridized carbons (Fsp3) is 0.217. The van der Waals surface area contributed by atoms with Crippen LogP contribution in [0.4, 0.5) is 26.2 Å². The van der Waals surface area contributed by atoms with E-state index in [9.17, 15) is 8.78 Å². The van der Waals surface area contributed by atoms with E-state index in [-0.39, 0.29) is 23.4 Å². The van der Waals surface area contributed by atoms with E-state index in [0.717, 1.165) is 11.3 Å². The summed E-state index contributed by atoms with van der Waals surface area (Å²) in [4.78, 5) is 15.2. The maximum atomic E-state index is 14.1. The summed E-state index contributed by atoms with van der Waals surface area (Å²) in [6, 6.07) is 12.4. The van der Waals surface area contributed by atoms with Crippen molar-refractivity contribution in [1.82, 2.24) is 9.97 Å². The van der Waals surface area contributed by atoms with Crippen LogP contribution in [0.1, 0.15) is 11.1 Å². The Hall–Kier alpha value is -3.90. The lowest BCUT2D eigenvalue weighted by atomic mass is 10.1. The second-order valence-electron chi connectivity index (χ2n) is 7.63. The molecule has 7 nitrogen and oxygen atoms in total. The number of hydrogen-bond acceptors (Lipinski definition) is 7. The SMILES string of the molecule is N#Cc1ccc(-c2cc(N3CCOC(C4=Nc5cc(F)ccc5C4)C3)nc(N)n2)cc1F. The molecule has 2 aliphatic heterocycles.